The summed E-state index contributed by atoms with van der Waals surface area (Å²) in [6.07, 6.45) is 13.3. The van der Waals surface area contributed by atoms with Crippen molar-refractivity contribution < 1.29 is 4.42 Å². The van der Waals surface area contributed by atoms with Crippen LogP contribution in [0.1, 0.15) is 86.5 Å². The molecule has 4 bridgehead atoms. The largest absolute Gasteiger partial charge is 0.456 e. The molecule has 16 rings (SSSR count). The first-order chi connectivity index (χ1) is 31.6. The highest BCUT2D eigenvalue weighted by Gasteiger charge is 2.61. The van der Waals surface area contributed by atoms with Crippen LogP contribution in [0.4, 0.5) is 17.1 Å². The lowest BCUT2D eigenvalue weighted by Crippen LogP contribution is -2.55. The van der Waals surface area contributed by atoms with Crippen LogP contribution in [0, 0.1) is 23.7 Å². The van der Waals surface area contributed by atoms with Gasteiger partial charge in [-0.05, 0) is 184 Å². The third-order valence-electron chi connectivity index (χ3n) is 17.8. The maximum absolute atomic E-state index is 6.62. The second-order valence-corrected chi connectivity index (χ2v) is 20.7. The standard InChI is InChI=1S/C62H51NO/c1-10-26-61(27-11-1)55-17-7-4-14-48(55)50-24-21-44(36-57(50)61)63(45-22-25-53-52-16-6-9-19-59(52)64-60(53)37-45)46-33-40-12-2-3-13-47(40)54(35-46)41-20-23-51-49-15-5-8-18-56(49)62(58(51)34-41)42-29-38-28-39(31-42)32-43(62)30-38/h2-9,12-25,33-39,42-43H,1,10-11,26-32H2. The Balaban J connectivity index is 0.951. The van der Waals surface area contributed by atoms with E-state index in [1.54, 1.807) is 11.1 Å². The van der Waals surface area contributed by atoms with Gasteiger partial charge in [-0.15, -0.1) is 0 Å². The molecule has 310 valence electrons. The summed E-state index contributed by atoms with van der Waals surface area (Å²) < 4.78 is 6.62. The molecule has 9 aromatic rings. The molecule has 7 aliphatic rings. The van der Waals surface area contributed by atoms with E-state index in [4.69, 9.17) is 4.42 Å². The van der Waals surface area contributed by atoms with E-state index >= 15 is 0 Å². The van der Waals surface area contributed by atoms with Gasteiger partial charge >= 0.3 is 0 Å². The van der Waals surface area contributed by atoms with E-state index < -0.39 is 0 Å². The topological polar surface area (TPSA) is 16.4 Å². The first-order valence-corrected chi connectivity index (χ1v) is 24.4. The van der Waals surface area contributed by atoms with Crippen molar-refractivity contribution in [3.8, 4) is 33.4 Å². The maximum Gasteiger partial charge on any atom is 0.137 e. The minimum absolute atomic E-state index is 0.0545. The molecule has 2 spiro atoms. The van der Waals surface area contributed by atoms with Gasteiger partial charge in [-0.3, -0.25) is 0 Å². The van der Waals surface area contributed by atoms with Gasteiger partial charge in [-0.1, -0.05) is 128 Å². The number of anilines is 3. The fraction of sp³-hybridized carbons (Fsp3) is 0.258. The Hall–Kier alpha value is -6.38. The predicted octanol–water partition coefficient (Wildman–Crippen LogP) is 16.8. The van der Waals surface area contributed by atoms with Gasteiger partial charge in [0.25, 0.3) is 0 Å². The van der Waals surface area contributed by atoms with Crippen molar-refractivity contribution in [1.29, 1.82) is 0 Å². The minimum Gasteiger partial charge on any atom is -0.456 e. The number of hydrogen-bond acceptors (Lipinski definition) is 2. The second-order valence-electron chi connectivity index (χ2n) is 20.7. The molecule has 2 heteroatoms. The number of furan rings is 1. The van der Waals surface area contributed by atoms with Crippen molar-refractivity contribution in [2.75, 3.05) is 4.90 Å². The van der Waals surface area contributed by atoms with Crippen LogP contribution in [0.3, 0.4) is 0 Å². The van der Waals surface area contributed by atoms with E-state index in [0.717, 1.165) is 51.3 Å². The number of benzene rings is 8. The summed E-state index contributed by atoms with van der Waals surface area (Å²) in [5, 5.41) is 4.88. The molecule has 0 atom stereocenters. The number of para-hydroxylation sites is 1. The summed E-state index contributed by atoms with van der Waals surface area (Å²) in [7, 11) is 0. The van der Waals surface area contributed by atoms with E-state index in [9.17, 15) is 0 Å². The Morgan fingerprint density at radius 3 is 1.86 bits per heavy atom. The molecule has 0 N–H and O–H groups in total. The third kappa shape index (κ3) is 4.76. The van der Waals surface area contributed by atoms with Crippen LogP contribution in [-0.2, 0) is 10.8 Å². The van der Waals surface area contributed by atoms with Crippen molar-refractivity contribution in [3.63, 3.8) is 0 Å². The first kappa shape index (κ1) is 36.0. The number of fused-ring (bicyclic) bond motifs is 12. The normalized spacial score (nSPS) is 24.1. The summed E-state index contributed by atoms with van der Waals surface area (Å²) in [4.78, 5) is 2.53. The number of hydrogen-bond donors (Lipinski definition) is 0. The van der Waals surface area contributed by atoms with E-state index in [1.807, 2.05) is 0 Å². The van der Waals surface area contributed by atoms with Gasteiger partial charge in [0.15, 0.2) is 0 Å². The highest BCUT2D eigenvalue weighted by molar-refractivity contribution is 6.07. The summed E-state index contributed by atoms with van der Waals surface area (Å²) in [5.74, 6) is 3.29. The molecule has 1 heterocycles. The van der Waals surface area contributed by atoms with E-state index in [0.29, 0.717) is 0 Å². The molecule has 0 aliphatic heterocycles. The number of rotatable bonds is 4. The van der Waals surface area contributed by atoms with Crippen molar-refractivity contribution in [2.24, 2.45) is 23.7 Å². The quantitative estimate of drug-likeness (QED) is 0.176. The predicted molar refractivity (Wildman–Crippen MR) is 264 cm³/mol. The maximum atomic E-state index is 6.62. The summed E-state index contributed by atoms with van der Waals surface area (Å²) in [5.41, 5.74) is 20.2. The van der Waals surface area contributed by atoms with Crippen LogP contribution < -0.4 is 4.90 Å². The van der Waals surface area contributed by atoms with E-state index in [1.165, 1.54) is 131 Å². The smallest absolute Gasteiger partial charge is 0.137 e. The molecule has 7 aliphatic carbocycles. The van der Waals surface area contributed by atoms with Crippen molar-refractivity contribution >= 4 is 49.8 Å². The van der Waals surface area contributed by atoms with Gasteiger partial charge in [0.1, 0.15) is 11.2 Å². The lowest BCUT2D eigenvalue weighted by molar-refractivity contribution is -0.0399. The molecule has 0 amide bonds. The third-order valence-corrected chi connectivity index (χ3v) is 17.8. The van der Waals surface area contributed by atoms with Gasteiger partial charge in [0.2, 0.25) is 0 Å². The fourth-order valence-corrected chi connectivity index (χ4v) is 15.6. The van der Waals surface area contributed by atoms with Gasteiger partial charge in [-0.25, -0.2) is 0 Å². The highest BCUT2D eigenvalue weighted by Crippen LogP contribution is 2.69. The van der Waals surface area contributed by atoms with E-state index in [2.05, 4.69) is 169 Å². The molecule has 8 aromatic carbocycles. The SMILES string of the molecule is c1ccc2c(c1)-c1ccc(N(c3cc(-c4ccc5c(c4)C4(c6ccccc6-5)C5CC6CC(C5)CC4C6)c4ccccc4c3)c3ccc4c(c3)oc3ccccc34)cc1C21CCCCC1. The highest BCUT2D eigenvalue weighted by atomic mass is 16.3. The van der Waals surface area contributed by atoms with Gasteiger partial charge in [-0.2, -0.15) is 0 Å². The van der Waals surface area contributed by atoms with Crippen LogP contribution in [-0.4, -0.2) is 0 Å². The Kier molecular flexibility index (Phi) is 7.37. The van der Waals surface area contributed by atoms with Crippen LogP contribution >= 0.6 is 0 Å². The average molecular weight is 826 g/mol. The minimum atomic E-state index is 0.0545. The molecular weight excluding hydrogens is 775 g/mol. The molecule has 0 saturated heterocycles. The molecule has 5 fully saturated rings. The Bertz CT molecular complexity index is 3390. The summed E-state index contributed by atoms with van der Waals surface area (Å²) in [6.45, 7) is 0. The van der Waals surface area contributed by atoms with Crippen molar-refractivity contribution in [1.82, 2.24) is 0 Å². The first-order valence-electron chi connectivity index (χ1n) is 24.4. The molecular formula is C62H51NO. The van der Waals surface area contributed by atoms with Crippen LogP contribution in [0.15, 0.2) is 168 Å². The van der Waals surface area contributed by atoms with E-state index in [-0.39, 0.29) is 10.8 Å². The van der Waals surface area contributed by atoms with Gasteiger partial charge < -0.3 is 9.32 Å². The second kappa shape index (κ2) is 13.1. The van der Waals surface area contributed by atoms with Crippen LogP contribution in [0.2, 0.25) is 0 Å². The zero-order valence-electron chi connectivity index (χ0n) is 36.3. The Morgan fingerprint density at radius 1 is 0.406 bits per heavy atom. The molecule has 2 nitrogen and oxygen atoms in total. The monoisotopic (exact) mass is 825 g/mol. The lowest BCUT2D eigenvalue weighted by atomic mass is 9.43. The Labute approximate surface area is 375 Å². The zero-order valence-corrected chi connectivity index (χ0v) is 36.3. The van der Waals surface area contributed by atoms with Crippen molar-refractivity contribution in [2.45, 2.75) is 75.0 Å². The molecule has 0 radical (unpaired) electrons. The van der Waals surface area contributed by atoms with Crippen molar-refractivity contribution in [3.05, 3.63) is 186 Å². The van der Waals surface area contributed by atoms with Crippen LogP contribution in [0.25, 0.3) is 66.1 Å². The summed E-state index contributed by atoms with van der Waals surface area (Å²) in [6, 6.07) is 63.2. The molecule has 0 unspecified atom stereocenters. The van der Waals surface area contributed by atoms with Crippen LogP contribution in [0.5, 0.6) is 0 Å². The summed E-state index contributed by atoms with van der Waals surface area (Å²) >= 11 is 0. The number of nitrogens with zero attached hydrogens (tertiary/aromatic N) is 1. The fourth-order valence-electron chi connectivity index (χ4n) is 15.6. The average Bonchev–Trinajstić information content (AvgIpc) is 3.94. The molecule has 5 saturated carbocycles. The molecule has 1 aromatic heterocycles. The lowest BCUT2D eigenvalue weighted by Gasteiger charge is -2.61. The van der Waals surface area contributed by atoms with Gasteiger partial charge in [0, 0.05) is 44.7 Å². The van der Waals surface area contributed by atoms with Gasteiger partial charge in [0.05, 0.1) is 0 Å². The Morgan fingerprint density at radius 2 is 1.03 bits per heavy atom. The zero-order chi connectivity index (χ0) is 41.7. The molecule has 64 heavy (non-hydrogen) atoms.